The first-order valence-corrected chi connectivity index (χ1v) is 27.6. The van der Waals surface area contributed by atoms with E-state index in [9.17, 15) is 0 Å². The van der Waals surface area contributed by atoms with Crippen LogP contribution in [0.15, 0.2) is 255 Å². The number of fused-ring (bicyclic) bond motifs is 18. The highest BCUT2D eigenvalue weighted by Crippen LogP contribution is 2.55. The fourth-order valence-electron chi connectivity index (χ4n) is 13.0. The van der Waals surface area contributed by atoms with Gasteiger partial charge in [0, 0.05) is 70.3 Å². The molecule has 12 aromatic carbocycles. The van der Waals surface area contributed by atoms with Crippen LogP contribution in [0.1, 0.15) is 25.0 Å². The Balaban J connectivity index is 1.04. The highest BCUT2D eigenvalue weighted by Gasteiger charge is 2.36. The summed E-state index contributed by atoms with van der Waals surface area (Å²) < 4.78 is 4.89. The predicted octanol–water partition coefficient (Wildman–Crippen LogP) is 20.2. The molecule has 0 saturated carbocycles. The molecule has 5 heteroatoms. The molecule has 1 aliphatic rings. The van der Waals surface area contributed by atoms with Crippen molar-refractivity contribution in [3.63, 3.8) is 0 Å². The molecule has 1 aliphatic carbocycles. The first kappa shape index (κ1) is 44.6. The zero-order valence-corrected chi connectivity index (χ0v) is 43.8. The molecule has 0 bridgehead atoms. The normalized spacial score (nSPS) is 12.8. The molecule has 0 spiro atoms. The summed E-state index contributed by atoms with van der Waals surface area (Å²) in [6.07, 6.45) is 0. The maximum Gasteiger partial charge on any atom is 0.235 e. The molecular weight excluding hydrogens is 965 g/mol. The summed E-state index contributed by atoms with van der Waals surface area (Å²) in [5.74, 6) is 0.632. The van der Waals surface area contributed by atoms with Crippen molar-refractivity contribution < 1.29 is 0 Å². The van der Waals surface area contributed by atoms with Crippen LogP contribution >= 0.6 is 11.3 Å². The first-order valence-electron chi connectivity index (χ1n) is 26.8. The first-order chi connectivity index (χ1) is 38.5. The third-order valence-corrected chi connectivity index (χ3v) is 17.8. The second-order valence-electron chi connectivity index (χ2n) is 21.2. The monoisotopic (exact) mass is 1010 g/mol. The van der Waals surface area contributed by atoms with Crippen LogP contribution in [0.3, 0.4) is 0 Å². The third-order valence-electron chi connectivity index (χ3n) is 16.6. The van der Waals surface area contributed by atoms with Gasteiger partial charge in [-0.05, 0) is 85.9 Å². The molecule has 0 fully saturated rings. The van der Waals surface area contributed by atoms with Gasteiger partial charge in [0.1, 0.15) is 0 Å². The van der Waals surface area contributed by atoms with Gasteiger partial charge in [0.2, 0.25) is 5.95 Å². The van der Waals surface area contributed by atoms with E-state index >= 15 is 0 Å². The maximum atomic E-state index is 5.62. The van der Waals surface area contributed by atoms with E-state index in [4.69, 9.17) is 9.97 Å². The second-order valence-corrected chi connectivity index (χ2v) is 22.2. The van der Waals surface area contributed by atoms with Gasteiger partial charge >= 0.3 is 0 Å². The zero-order chi connectivity index (χ0) is 51.6. The molecule has 0 amide bonds. The fraction of sp³-hybridized carbons (Fsp3) is 0.0411. The average Bonchev–Trinajstić information content (AvgIpc) is 3.75. The molecule has 0 atom stereocenters. The van der Waals surface area contributed by atoms with Gasteiger partial charge in [0.05, 0.1) is 32.8 Å². The van der Waals surface area contributed by atoms with Crippen molar-refractivity contribution in [2.45, 2.75) is 19.3 Å². The molecule has 4 nitrogen and oxygen atoms in total. The van der Waals surface area contributed by atoms with Gasteiger partial charge < -0.3 is 4.90 Å². The van der Waals surface area contributed by atoms with E-state index in [-0.39, 0.29) is 5.41 Å². The Kier molecular flexibility index (Phi) is 9.82. The van der Waals surface area contributed by atoms with Crippen LogP contribution < -0.4 is 4.90 Å². The van der Waals surface area contributed by atoms with E-state index in [0.717, 1.165) is 61.4 Å². The summed E-state index contributed by atoms with van der Waals surface area (Å²) in [5, 5.41) is 12.0. The third kappa shape index (κ3) is 6.58. The van der Waals surface area contributed by atoms with Crippen LogP contribution in [0, 0.1) is 0 Å². The molecule has 15 aromatic rings. The number of hydrogen-bond acceptors (Lipinski definition) is 4. The van der Waals surface area contributed by atoms with Crippen molar-refractivity contribution >= 4 is 103 Å². The van der Waals surface area contributed by atoms with Crippen molar-refractivity contribution in [2.24, 2.45) is 0 Å². The number of aromatic nitrogens is 3. The molecule has 16 rings (SSSR count). The fourth-order valence-corrected chi connectivity index (χ4v) is 14.3. The van der Waals surface area contributed by atoms with Crippen molar-refractivity contribution in [1.29, 1.82) is 0 Å². The lowest BCUT2D eigenvalue weighted by atomic mass is 9.82. The van der Waals surface area contributed by atoms with Gasteiger partial charge in [0.25, 0.3) is 0 Å². The van der Waals surface area contributed by atoms with Crippen molar-refractivity contribution in [2.75, 3.05) is 4.90 Å². The van der Waals surface area contributed by atoms with Gasteiger partial charge in [-0.1, -0.05) is 232 Å². The molecule has 78 heavy (non-hydrogen) atoms. The van der Waals surface area contributed by atoms with Gasteiger partial charge in [-0.25, -0.2) is 9.97 Å². The zero-order valence-electron chi connectivity index (χ0n) is 42.9. The van der Waals surface area contributed by atoms with Crippen LogP contribution in [-0.4, -0.2) is 14.5 Å². The van der Waals surface area contributed by atoms with Crippen molar-refractivity contribution in [3.05, 3.63) is 266 Å². The van der Waals surface area contributed by atoms with E-state index in [1.54, 1.807) is 0 Å². The number of rotatable bonds is 7. The minimum Gasteiger partial charge on any atom is -0.309 e. The summed E-state index contributed by atoms with van der Waals surface area (Å²) in [7, 11) is 0. The molecular formula is C73H48N4S. The lowest BCUT2D eigenvalue weighted by Gasteiger charge is -2.28. The molecule has 0 N–H and O–H groups in total. The van der Waals surface area contributed by atoms with Crippen LogP contribution in [0.5, 0.6) is 0 Å². The summed E-state index contributed by atoms with van der Waals surface area (Å²) in [5.41, 5.74) is 16.9. The molecule has 0 unspecified atom stereocenters. The Morgan fingerprint density at radius 1 is 0.359 bits per heavy atom. The average molecular weight is 1010 g/mol. The van der Waals surface area contributed by atoms with Crippen molar-refractivity contribution in [1.82, 2.24) is 14.5 Å². The van der Waals surface area contributed by atoms with Gasteiger partial charge in [0.15, 0.2) is 0 Å². The lowest BCUT2D eigenvalue weighted by molar-refractivity contribution is 0.660. The Morgan fingerprint density at radius 2 is 0.859 bits per heavy atom. The predicted molar refractivity (Wildman–Crippen MR) is 330 cm³/mol. The molecule has 3 aromatic heterocycles. The number of anilines is 3. The van der Waals surface area contributed by atoms with Gasteiger partial charge in [-0.2, -0.15) is 0 Å². The summed E-state index contributed by atoms with van der Waals surface area (Å²) >= 11 is 1.91. The molecule has 3 heterocycles. The largest absolute Gasteiger partial charge is 0.309 e. The highest BCUT2D eigenvalue weighted by molar-refractivity contribution is 7.27. The minimum absolute atomic E-state index is 0.174. The number of benzene rings is 12. The van der Waals surface area contributed by atoms with Crippen LogP contribution in [0.2, 0.25) is 0 Å². The van der Waals surface area contributed by atoms with Gasteiger partial charge in [-0.3, -0.25) is 4.57 Å². The van der Waals surface area contributed by atoms with E-state index in [2.05, 4.69) is 278 Å². The Bertz CT molecular complexity index is 4860. The van der Waals surface area contributed by atoms with Crippen LogP contribution in [0.25, 0.3) is 125 Å². The summed E-state index contributed by atoms with van der Waals surface area (Å²) in [4.78, 5) is 13.7. The molecule has 0 aliphatic heterocycles. The lowest BCUT2D eigenvalue weighted by Crippen LogP contribution is -2.16. The molecule has 0 radical (unpaired) electrons. The van der Waals surface area contributed by atoms with Crippen LogP contribution in [-0.2, 0) is 5.41 Å². The number of hydrogen-bond donors (Lipinski definition) is 0. The Labute approximate surface area is 455 Å². The Morgan fingerprint density at radius 3 is 1.54 bits per heavy atom. The minimum atomic E-state index is -0.174. The number of nitrogens with zero attached hydrogens (tertiary/aromatic N) is 4. The van der Waals surface area contributed by atoms with Crippen molar-refractivity contribution in [3.8, 4) is 50.7 Å². The van der Waals surface area contributed by atoms with E-state index in [1.807, 2.05) is 11.3 Å². The van der Waals surface area contributed by atoms with E-state index in [1.165, 1.54) is 85.9 Å². The van der Waals surface area contributed by atoms with Gasteiger partial charge in [-0.15, -0.1) is 11.3 Å². The van der Waals surface area contributed by atoms with E-state index in [0.29, 0.717) is 5.95 Å². The highest BCUT2D eigenvalue weighted by atomic mass is 32.1. The molecule has 0 saturated heterocycles. The summed E-state index contributed by atoms with van der Waals surface area (Å²) in [6, 6.07) is 93.0. The standard InChI is InChI=1S/C73H48N4S/c1-73(2)60-35-19-18-29-53(60)54-42-41-50(43-61(54)73)76(49-39-37-46(38-40-49)45-21-6-3-7-22-45)64-36-20-34-59-66-67-65-55-30-14-12-27-51(55)52-28-13-15-31-56(52)68(65)77(69(67)57-32-16-17-33-58(57)71(66)78-70(59)64)72-74-62(47-23-8-4-9-24-47)44-63(75-72)48-25-10-5-11-26-48/h3-44H,1-2H3. The second kappa shape index (κ2) is 17.2. The smallest absolute Gasteiger partial charge is 0.235 e. The quantitative estimate of drug-likeness (QED) is 0.149. The molecule has 366 valence electrons. The Hall–Kier alpha value is -9.68. The van der Waals surface area contributed by atoms with E-state index < -0.39 is 0 Å². The van der Waals surface area contributed by atoms with Crippen LogP contribution in [0.4, 0.5) is 17.1 Å². The number of thiophene rings is 1. The summed E-state index contributed by atoms with van der Waals surface area (Å²) in [6.45, 7) is 4.75. The SMILES string of the molecule is CC1(C)c2ccccc2-c2ccc(N(c3ccc(-c4ccccc4)cc3)c3cccc4c3sc3c5ccccc5c5c(c43)c3c4ccccc4c4ccccc4c3n5-c3nc(-c4ccccc4)cc(-c4ccccc4)n3)cc21. The maximum absolute atomic E-state index is 5.62. The topological polar surface area (TPSA) is 34.0 Å².